The molecule has 0 bridgehead atoms. The van der Waals surface area contributed by atoms with Gasteiger partial charge < -0.3 is 20.9 Å². The SMILES string of the molecule is CCCNC(=O)CN1CCC(NC(=NCCc2c[nH]c3ccc(F)cc23)NCC)CC1. The lowest BCUT2D eigenvalue weighted by molar-refractivity contribution is -0.122. The van der Waals surface area contributed by atoms with Gasteiger partial charge in [-0.15, -0.1) is 0 Å². The number of aliphatic imine (C=N–C) groups is 1. The monoisotopic (exact) mass is 430 g/mol. The number of fused-ring (bicyclic) bond motifs is 1. The molecule has 1 amide bonds. The summed E-state index contributed by atoms with van der Waals surface area (Å²) >= 11 is 0. The van der Waals surface area contributed by atoms with E-state index in [4.69, 9.17) is 4.99 Å². The summed E-state index contributed by atoms with van der Waals surface area (Å²) in [4.78, 5) is 22.0. The highest BCUT2D eigenvalue weighted by Gasteiger charge is 2.21. The molecule has 7 nitrogen and oxygen atoms in total. The Hall–Kier alpha value is -2.61. The van der Waals surface area contributed by atoms with Gasteiger partial charge in [-0.1, -0.05) is 6.92 Å². The van der Waals surface area contributed by atoms with Crippen molar-refractivity contribution in [1.29, 1.82) is 0 Å². The molecule has 31 heavy (non-hydrogen) atoms. The van der Waals surface area contributed by atoms with Gasteiger partial charge in [0.1, 0.15) is 5.82 Å². The summed E-state index contributed by atoms with van der Waals surface area (Å²) < 4.78 is 13.6. The summed E-state index contributed by atoms with van der Waals surface area (Å²) in [6, 6.07) is 5.15. The third-order valence-electron chi connectivity index (χ3n) is 5.59. The third kappa shape index (κ3) is 6.95. The fourth-order valence-electron chi connectivity index (χ4n) is 3.92. The molecule has 1 aliphatic rings. The van der Waals surface area contributed by atoms with Crippen LogP contribution in [0.15, 0.2) is 29.4 Å². The number of aromatic nitrogens is 1. The average Bonchev–Trinajstić information content (AvgIpc) is 3.16. The number of guanidine groups is 1. The van der Waals surface area contributed by atoms with Crippen LogP contribution < -0.4 is 16.0 Å². The van der Waals surface area contributed by atoms with E-state index >= 15 is 0 Å². The molecule has 3 rings (SSSR count). The van der Waals surface area contributed by atoms with E-state index in [1.807, 2.05) is 6.20 Å². The van der Waals surface area contributed by atoms with Crippen molar-refractivity contribution in [2.75, 3.05) is 39.3 Å². The number of hydrogen-bond donors (Lipinski definition) is 4. The molecular formula is C23H35FN6O. The molecule has 8 heteroatoms. The zero-order valence-corrected chi connectivity index (χ0v) is 18.6. The molecule has 0 atom stereocenters. The number of carbonyl (C=O) groups is 1. The lowest BCUT2D eigenvalue weighted by Crippen LogP contribution is -2.50. The molecule has 1 saturated heterocycles. The number of nitrogens with zero attached hydrogens (tertiary/aromatic N) is 2. The normalized spacial score (nSPS) is 15.9. The predicted octanol–water partition coefficient (Wildman–Crippen LogP) is 2.40. The number of halogens is 1. The predicted molar refractivity (Wildman–Crippen MR) is 124 cm³/mol. The van der Waals surface area contributed by atoms with Crippen LogP contribution in [0.1, 0.15) is 38.7 Å². The number of rotatable bonds is 9. The van der Waals surface area contributed by atoms with Gasteiger partial charge in [0.05, 0.1) is 6.54 Å². The minimum atomic E-state index is -0.221. The molecule has 1 fully saturated rings. The first kappa shape index (κ1) is 23.1. The molecule has 0 saturated carbocycles. The van der Waals surface area contributed by atoms with Crippen LogP contribution in [0.5, 0.6) is 0 Å². The maximum absolute atomic E-state index is 13.6. The van der Waals surface area contributed by atoms with Crippen molar-refractivity contribution in [3.05, 3.63) is 35.8 Å². The summed E-state index contributed by atoms with van der Waals surface area (Å²) in [7, 11) is 0. The summed E-state index contributed by atoms with van der Waals surface area (Å²) in [5, 5.41) is 10.7. The van der Waals surface area contributed by atoms with Crippen molar-refractivity contribution in [3.8, 4) is 0 Å². The number of aromatic amines is 1. The van der Waals surface area contributed by atoms with Crippen LogP contribution in [0, 0.1) is 5.82 Å². The number of likely N-dealkylation sites (tertiary alicyclic amines) is 1. The molecular weight excluding hydrogens is 395 g/mol. The molecule has 2 heterocycles. The number of benzene rings is 1. The second kappa shape index (κ2) is 11.7. The van der Waals surface area contributed by atoms with Crippen molar-refractivity contribution in [2.24, 2.45) is 4.99 Å². The van der Waals surface area contributed by atoms with E-state index in [1.165, 1.54) is 6.07 Å². The Morgan fingerprint density at radius 3 is 2.81 bits per heavy atom. The first-order chi connectivity index (χ1) is 15.1. The van der Waals surface area contributed by atoms with Crippen molar-refractivity contribution in [1.82, 2.24) is 25.8 Å². The summed E-state index contributed by atoms with van der Waals surface area (Å²) in [6.45, 7) is 8.54. The summed E-state index contributed by atoms with van der Waals surface area (Å²) in [5.74, 6) is 0.703. The second-order valence-electron chi connectivity index (χ2n) is 8.06. The molecule has 0 aliphatic carbocycles. The van der Waals surface area contributed by atoms with Crippen LogP contribution >= 0.6 is 0 Å². The Kier molecular flexibility index (Phi) is 8.70. The summed E-state index contributed by atoms with van der Waals surface area (Å²) in [5.41, 5.74) is 2.02. The molecule has 170 valence electrons. The third-order valence-corrected chi connectivity index (χ3v) is 5.59. The van der Waals surface area contributed by atoms with E-state index in [-0.39, 0.29) is 11.7 Å². The van der Waals surface area contributed by atoms with Gasteiger partial charge in [-0.2, -0.15) is 0 Å². The topological polar surface area (TPSA) is 84.6 Å². The molecule has 0 unspecified atom stereocenters. The van der Waals surface area contributed by atoms with Crippen LogP contribution in [-0.4, -0.2) is 67.1 Å². The molecule has 4 N–H and O–H groups in total. The van der Waals surface area contributed by atoms with E-state index < -0.39 is 0 Å². The van der Waals surface area contributed by atoms with Crippen molar-refractivity contribution < 1.29 is 9.18 Å². The van der Waals surface area contributed by atoms with Crippen LogP contribution in [-0.2, 0) is 11.2 Å². The van der Waals surface area contributed by atoms with E-state index in [2.05, 4.69) is 39.7 Å². The zero-order chi connectivity index (χ0) is 22.1. The first-order valence-electron chi connectivity index (χ1n) is 11.4. The minimum Gasteiger partial charge on any atom is -0.361 e. The number of amides is 1. The first-order valence-corrected chi connectivity index (χ1v) is 11.4. The van der Waals surface area contributed by atoms with Crippen LogP contribution in [0.25, 0.3) is 10.9 Å². The zero-order valence-electron chi connectivity index (χ0n) is 18.6. The number of piperidine rings is 1. The quantitative estimate of drug-likeness (QED) is 0.364. The Bertz CT molecular complexity index is 872. The molecule has 1 aliphatic heterocycles. The van der Waals surface area contributed by atoms with Crippen LogP contribution in [0.4, 0.5) is 4.39 Å². The maximum Gasteiger partial charge on any atom is 0.234 e. The van der Waals surface area contributed by atoms with Crippen molar-refractivity contribution in [3.63, 3.8) is 0 Å². The van der Waals surface area contributed by atoms with Gasteiger partial charge in [0.25, 0.3) is 0 Å². The highest BCUT2D eigenvalue weighted by atomic mass is 19.1. The van der Waals surface area contributed by atoms with Crippen LogP contribution in [0.2, 0.25) is 0 Å². The number of hydrogen-bond acceptors (Lipinski definition) is 3. The number of nitrogens with one attached hydrogen (secondary N) is 4. The highest BCUT2D eigenvalue weighted by molar-refractivity contribution is 5.83. The van der Waals surface area contributed by atoms with Gasteiger partial charge in [-0.05, 0) is 56.4 Å². The van der Waals surface area contributed by atoms with Crippen molar-refractivity contribution in [2.45, 2.75) is 45.6 Å². The molecule has 1 aromatic heterocycles. The Balaban J connectivity index is 1.47. The number of carbonyl (C=O) groups excluding carboxylic acids is 1. The fraction of sp³-hybridized carbons (Fsp3) is 0.565. The molecule has 2 aromatic rings. The van der Waals surface area contributed by atoms with Crippen molar-refractivity contribution >= 4 is 22.8 Å². The van der Waals surface area contributed by atoms with Gasteiger partial charge in [-0.3, -0.25) is 14.7 Å². The Morgan fingerprint density at radius 1 is 1.26 bits per heavy atom. The van der Waals surface area contributed by atoms with E-state index in [0.717, 1.165) is 74.3 Å². The van der Waals surface area contributed by atoms with Gasteiger partial charge >= 0.3 is 0 Å². The smallest absolute Gasteiger partial charge is 0.234 e. The average molecular weight is 431 g/mol. The Morgan fingerprint density at radius 2 is 2.06 bits per heavy atom. The van der Waals surface area contributed by atoms with E-state index in [9.17, 15) is 9.18 Å². The number of H-pyrrole nitrogens is 1. The lowest BCUT2D eigenvalue weighted by Gasteiger charge is -2.32. The van der Waals surface area contributed by atoms with Gasteiger partial charge in [0.15, 0.2) is 5.96 Å². The van der Waals surface area contributed by atoms with Gasteiger partial charge in [0.2, 0.25) is 5.91 Å². The van der Waals surface area contributed by atoms with Gasteiger partial charge in [-0.25, -0.2) is 4.39 Å². The van der Waals surface area contributed by atoms with E-state index in [0.29, 0.717) is 19.1 Å². The van der Waals surface area contributed by atoms with Crippen LogP contribution in [0.3, 0.4) is 0 Å². The minimum absolute atomic E-state index is 0.111. The second-order valence-corrected chi connectivity index (χ2v) is 8.06. The van der Waals surface area contributed by atoms with Gasteiger partial charge in [0, 0.05) is 55.9 Å². The Labute approximate surface area is 183 Å². The summed E-state index contributed by atoms with van der Waals surface area (Å²) in [6.07, 6.45) is 5.60. The van der Waals surface area contributed by atoms with E-state index in [1.54, 1.807) is 12.1 Å². The molecule has 1 aromatic carbocycles. The lowest BCUT2D eigenvalue weighted by atomic mass is 10.1. The fourth-order valence-corrected chi connectivity index (χ4v) is 3.92. The maximum atomic E-state index is 13.6. The standard InChI is InChI=1S/C23H35FN6O/c1-3-10-26-22(31)16-30-12-8-19(9-13-30)29-23(25-4-2)27-11-7-17-15-28-21-6-5-18(24)14-20(17)21/h5-6,14-15,19,28H,3-4,7-13,16H2,1-2H3,(H,26,31)(H2,25,27,29). The largest absolute Gasteiger partial charge is 0.361 e. The molecule has 0 radical (unpaired) electrons. The molecule has 0 spiro atoms. The highest BCUT2D eigenvalue weighted by Crippen LogP contribution is 2.19.